The Hall–Kier alpha value is -2.63. The van der Waals surface area contributed by atoms with E-state index < -0.39 is 0 Å². The van der Waals surface area contributed by atoms with Gasteiger partial charge in [0.2, 0.25) is 0 Å². The van der Waals surface area contributed by atoms with E-state index in [4.69, 9.17) is 15.0 Å². The Morgan fingerprint density at radius 1 is 0.943 bits per heavy atom. The second-order valence-corrected chi connectivity index (χ2v) is 7.93. The molecule has 3 aromatic rings. The summed E-state index contributed by atoms with van der Waals surface area (Å²) in [7, 11) is 0. The standard InChI is InChI=1S/C25H30N4.C3H4.C2H6.Pt/c1-7-16(2)19(5)26-15-23-12-8-10-21(28-23)14-22-11-9-13-24(29-22)25-18(4)17(3)20(6)27-25;1-3-2;1-2;/h8-13H,7,14-15H2,1-6H3;1H,2H3;1-2H3;/q-2;;;+2/b19-16-;;;. The predicted octanol–water partition coefficient (Wildman–Crippen LogP) is 7.86. The molecule has 0 atom stereocenters. The van der Waals surface area contributed by atoms with Crippen LogP contribution in [0.4, 0.5) is 0 Å². The Bertz CT molecular complexity index is 1120. The molecular formula is C30H40N4Pt. The molecular weight excluding hydrogens is 611 g/mol. The van der Waals surface area contributed by atoms with Crippen molar-refractivity contribution >= 4 is 0 Å². The van der Waals surface area contributed by atoms with Gasteiger partial charge < -0.3 is 10.3 Å². The van der Waals surface area contributed by atoms with E-state index in [0.29, 0.717) is 13.0 Å². The molecule has 3 aromatic heterocycles. The maximum absolute atomic E-state index is 4.86. The van der Waals surface area contributed by atoms with Crippen molar-refractivity contribution in [1.82, 2.24) is 15.0 Å². The molecule has 0 amide bonds. The molecule has 0 aliphatic rings. The molecule has 4 nitrogen and oxygen atoms in total. The first-order chi connectivity index (χ1) is 16.3. The summed E-state index contributed by atoms with van der Waals surface area (Å²) in [6.07, 6.45) is 6.32. The molecule has 0 aliphatic carbocycles. The smallest absolute Gasteiger partial charge is 0.683 e. The normalized spacial score (nSPS) is 10.4. The van der Waals surface area contributed by atoms with Gasteiger partial charge in [0.25, 0.3) is 0 Å². The molecule has 0 saturated heterocycles. The van der Waals surface area contributed by atoms with Crippen molar-refractivity contribution in [2.45, 2.75) is 81.7 Å². The van der Waals surface area contributed by atoms with E-state index in [1.807, 2.05) is 26.0 Å². The van der Waals surface area contributed by atoms with Crippen LogP contribution in [0.15, 0.2) is 47.7 Å². The first-order valence-corrected chi connectivity index (χ1v) is 12.0. The first-order valence-electron chi connectivity index (χ1n) is 12.0. The molecule has 0 fully saturated rings. The van der Waals surface area contributed by atoms with Crippen molar-refractivity contribution in [3.63, 3.8) is 0 Å². The molecule has 0 aliphatic heterocycles. The van der Waals surface area contributed by atoms with E-state index in [-0.39, 0.29) is 21.1 Å². The second kappa shape index (κ2) is 16.9. The zero-order valence-corrected chi connectivity index (χ0v) is 25.0. The number of pyridine rings is 2. The Morgan fingerprint density at radius 2 is 1.49 bits per heavy atom. The summed E-state index contributed by atoms with van der Waals surface area (Å²) < 4.78 is 0. The van der Waals surface area contributed by atoms with E-state index in [9.17, 15) is 0 Å². The van der Waals surface area contributed by atoms with Gasteiger partial charge in [-0.3, -0.25) is 9.97 Å². The summed E-state index contributed by atoms with van der Waals surface area (Å²) >= 11 is 0. The minimum atomic E-state index is 0. The molecule has 0 saturated carbocycles. The zero-order chi connectivity index (χ0) is 25.7. The summed E-state index contributed by atoms with van der Waals surface area (Å²) in [5.74, 6) is 2.25. The van der Waals surface area contributed by atoms with Crippen LogP contribution < -0.4 is 4.98 Å². The zero-order valence-electron chi connectivity index (χ0n) is 22.8. The van der Waals surface area contributed by atoms with Gasteiger partial charge in [-0.05, 0) is 58.4 Å². The summed E-state index contributed by atoms with van der Waals surface area (Å²) in [5, 5.41) is 4.68. The van der Waals surface area contributed by atoms with Crippen LogP contribution in [-0.2, 0) is 34.0 Å². The average Bonchev–Trinajstić information content (AvgIpc) is 3.11. The average molecular weight is 652 g/mol. The van der Waals surface area contributed by atoms with Crippen LogP contribution in [0.2, 0.25) is 0 Å². The number of hydrogen-bond acceptors (Lipinski definition) is 2. The second-order valence-electron chi connectivity index (χ2n) is 7.93. The van der Waals surface area contributed by atoms with Crippen molar-refractivity contribution in [2.24, 2.45) is 0 Å². The minimum Gasteiger partial charge on any atom is -0.683 e. The van der Waals surface area contributed by atoms with Gasteiger partial charge in [0.15, 0.2) is 0 Å². The maximum Gasteiger partial charge on any atom is 2.00 e. The topological polar surface area (TPSA) is 54.0 Å². The van der Waals surface area contributed by atoms with Gasteiger partial charge in [-0.25, -0.2) is 0 Å². The van der Waals surface area contributed by atoms with Gasteiger partial charge in [0.1, 0.15) is 0 Å². The summed E-state index contributed by atoms with van der Waals surface area (Å²) in [6, 6.07) is 12.3. The summed E-state index contributed by atoms with van der Waals surface area (Å²) in [4.78, 5) is 14.4. The third-order valence-corrected chi connectivity index (χ3v) is 5.64. The van der Waals surface area contributed by atoms with Crippen LogP contribution in [0.3, 0.4) is 0 Å². The molecule has 0 N–H and O–H groups in total. The van der Waals surface area contributed by atoms with Gasteiger partial charge in [-0.15, -0.1) is 18.0 Å². The fraction of sp³-hybridized carbons (Fsp3) is 0.400. The predicted molar refractivity (Wildman–Crippen MR) is 146 cm³/mol. The van der Waals surface area contributed by atoms with Crippen LogP contribution >= 0.6 is 0 Å². The van der Waals surface area contributed by atoms with E-state index in [0.717, 1.165) is 46.3 Å². The SMILES string of the molecule is C#CC.CC.CC/C(C)=C(/C)[N-]Cc1cccc(Cc2cccc(-c3[n-]c(C)c(C)c3C)n2)n1.[Pt+2]. The largest absolute Gasteiger partial charge is 2.00 e. The number of allylic oxidation sites excluding steroid dienone is 2. The fourth-order valence-electron chi connectivity index (χ4n) is 3.24. The van der Waals surface area contributed by atoms with Crippen LogP contribution in [-0.4, -0.2) is 9.97 Å². The maximum atomic E-state index is 4.86. The van der Waals surface area contributed by atoms with Crippen LogP contribution in [0.25, 0.3) is 16.7 Å². The van der Waals surface area contributed by atoms with Crippen LogP contribution in [0.5, 0.6) is 0 Å². The molecule has 0 radical (unpaired) electrons. The van der Waals surface area contributed by atoms with Crippen molar-refractivity contribution in [3.05, 3.63) is 86.9 Å². The summed E-state index contributed by atoms with van der Waals surface area (Å²) in [5.41, 5.74) is 10.9. The number of aryl methyl sites for hydroxylation is 1. The minimum absolute atomic E-state index is 0. The molecule has 0 spiro atoms. The quantitative estimate of drug-likeness (QED) is 0.245. The van der Waals surface area contributed by atoms with Gasteiger partial charge in [-0.2, -0.15) is 11.4 Å². The number of hydrogen-bond donors (Lipinski definition) is 0. The molecule has 0 unspecified atom stereocenters. The number of rotatable bonds is 7. The fourth-order valence-corrected chi connectivity index (χ4v) is 3.24. The van der Waals surface area contributed by atoms with Crippen LogP contribution in [0, 0.1) is 33.1 Å². The Balaban J connectivity index is 0.00000179. The van der Waals surface area contributed by atoms with Gasteiger partial charge in [-0.1, -0.05) is 70.0 Å². The Morgan fingerprint density at radius 3 is 2.03 bits per heavy atom. The number of terminal acetylenes is 1. The van der Waals surface area contributed by atoms with E-state index in [2.05, 4.69) is 83.5 Å². The van der Waals surface area contributed by atoms with E-state index in [1.54, 1.807) is 6.92 Å². The van der Waals surface area contributed by atoms with Crippen molar-refractivity contribution in [1.29, 1.82) is 0 Å². The number of aromatic nitrogens is 3. The van der Waals surface area contributed by atoms with Gasteiger partial charge in [0.05, 0.1) is 0 Å². The Labute approximate surface area is 227 Å². The third kappa shape index (κ3) is 9.87. The third-order valence-electron chi connectivity index (χ3n) is 5.64. The van der Waals surface area contributed by atoms with Gasteiger partial charge in [0, 0.05) is 29.2 Å². The molecule has 190 valence electrons. The molecule has 3 heterocycles. The van der Waals surface area contributed by atoms with Crippen LogP contribution in [0.1, 0.15) is 81.9 Å². The molecule has 5 heteroatoms. The molecule has 3 rings (SSSR count). The molecule has 0 aromatic carbocycles. The Kier molecular flexibility index (Phi) is 15.6. The van der Waals surface area contributed by atoms with E-state index >= 15 is 0 Å². The van der Waals surface area contributed by atoms with E-state index in [1.165, 1.54) is 16.7 Å². The van der Waals surface area contributed by atoms with Crippen molar-refractivity contribution in [2.75, 3.05) is 0 Å². The first kappa shape index (κ1) is 32.4. The molecule has 0 bridgehead atoms. The monoisotopic (exact) mass is 651 g/mol. The molecule has 35 heavy (non-hydrogen) atoms. The van der Waals surface area contributed by atoms with Crippen molar-refractivity contribution < 1.29 is 21.1 Å². The number of nitrogens with zero attached hydrogens (tertiary/aromatic N) is 4. The van der Waals surface area contributed by atoms with Gasteiger partial charge >= 0.3 is 21.1 Å². The summed E-state index contributed by atoms with van der Waals surface area (Å²) in [6.45, 7) is 18.9. The van der Waals surface area contributed by atoms with Crippen molar-refractivity contribution in [3.8, 4) is 23.7 Å².